The molecule has 1 aliphatic heterocycles. The molecule has 1 unspecified atom stereocenters. The first-order valence-electron chi connectivity index (χ1n) is 5.89. The first kappa shape index (κ1) is 9.85. The number of H-pyrrole nitrogens is 1. The molecule has 1 saturated heterocycles. The van der Waals surface area contributed by atoms with Crippen LogP contribution in [-0.4, -0.2) is 16.5 Å². The zero-order chi connectivity index (χ0) is 11.2. The minimum absolute atomic E-state index is 0.0346. The predicted molar refractivity (Wildman–Crippen MR) is 65.4 cm³/mol. The van der Waals surface area contributed by atoms with Crippen LogP contribution in [0, 0.1) is 6.92 Å². The number of imidazole rings is 1. The topological polar surface area (TPSA) is 40.7 Å². The molecule has 2 heterocycles. The lowest BCUT2D eigenvalue weighted by molar-refractivity contribution is 0.412. The van der Waals surface area contributed by atoms with E-state index in [1.807, 2.05) is 0 Å². The quantitative estimate of drug-likeness (QED) is 0.767. The van der Waals surface area contributed by atoms with Crippen molar-refractivity contribution in [1.82, 2.24) is 15.3 Å². The Morgan fingerprint density at radius 2 is 2.25 bits per heavy atom. The van der Waals surface area contributed by atoms with Crippen LogP contribution in [-0.2, 0) is 5.54 Å². The third-order valence-corrected chi connectivity index (χ3v) is 3.53. The van der Waals surface area contributed by atoms with Crippen molar-refractivity contribution in [2.75, 3.05) is 6.54 Å². The van der Waals surface area contributed by atoms with Gasteiger partial charge >= 0.3 is 0 Å². The summed E-state index contributed by atoms with van der Waals surface area (Å²) >= 11 is 0. The molecule has 3 nitrogen and oxygen atoms in total. The Kier molecular flexibility index (Phi) is 2.04. The third kappa shape index (κ3) is 1.43. The van der Waals surface area contributed by atoms with Gasteiger partial charge in [-0.25, -0.2) is 4.98 Å². The molecule has 0 spiro atoms. The van der Waals surface area contributed by atoms with Gasteiger partial charge in [0.2, 0.25) is 0 Å². The molecule has 1 aliphatic rings. The summed E-state index contributed by atoms with van der Waals surface area (Å²) in [4.78, 5) is 8.13. The fraction of sp³-hybridized carbons (Fsp3) is 0.462. The molecule has 3 heteroatoms. The van der Waals surface area contributed by atoms with E-state index in [1.165, 1.54) is 12.0 Å². The fourth-order valence-electron chi connectivity index (χ4n) is 2.48. The van der Waals surface area contributed by atoms with Crippen molar-refractivity contribution in [3.63, 3.8) is 0 Å². The first-order chi connectivity index (χ1) is 7.67. The summed E-state index contributed by atoms with van der Waals surface area (Å²) in [5, 5.41) is 3.53. The number of aromatic amines is 1. The van der Waals surface area contributed by atoms with Gasteiger partial charge in [0, 0.05) is 0 Å². The smallest absolute Gasteiger partial charge is 0.127 e. The van der Waals surface area contributed by atoms with Gasteiger partial charge in [-0.3, -0.25) is 0 Å². The normalized spacial score (nSPS) is 25.4. The van der Waals surface area contributed by atoms with Crippen molar-refractivity contribution in [2.24, 2.45) is 0 Å². The zero-order valence-electron chi connectivity index (χ0n) is 9.80. The summed E-state index contributed by atoms with van der Waals surface area (Å²) in [6, 6.07) is 6.35. The van der Waals surface area contributed by atoms with Gasteiger partial charge < -0.3 is 10.3 Å². The van der Waals surface area contributed by atoms with Crippen LogP contribution >= 0.6 is 0 Å². The van der Waals surface area contributed by atoms with Gasteiger partial charge in [-0.15, -0.1) is 0 Å². The Bertz CT molecular complexity index is 521. The molecule has 0 saturated carbocycles. The van der Waals surface area contributed by atoms with Gasteiger partial charge in [-0.1, -0.05) is 6.07 Å². The SMILES string of the molecule is Cc1ccc2nc(C3(C)CCCN3)[nH]c2c1. The molecule has 0 radical (unpaired) electrons. The van der Waals surface area contributed by atoms with Crippen LogP contribution in [0.2, 0.25) is 0 Å². The largest absolute Gasteiger partial charge is 0.340 e. The predicted octanol–water partition coefficient (Wildman–Crippen LogP) is 2.47. The molecule has 1 aromatic carbocycles. The molecule has 0 aliphatic carbocycles. The van der Waals surface area contributed by atoms with Crippen LogP contribution < -0.4 is 5.32 Å². The van der Waals surface area contributed by atoms with Crippen molar-refractivity contribution in [3.05, 3.63) is 29.6 Å². The molecule has 1 aromatic heterocycles. The maximum Gasteiger partial charge on any atom is 0.127 e. The number of rotatable bonds is 1. The van der Waals surface area contributed by atoms with E-state index in [9.17, 15) is 0 Å². The second-order valence-corrected chi connectivity index (χ2v) is 4.97. The van der Waals surface area contributed by atoms with E-state index in [4.69, 9.17) is 0 Å². The van der Waals surface area contributed by atoms with E-state index in [-0.39, 0.29) is 5.54 Å². The van der Waals surface area contributed by atoms with E-state index in [1.54, 1.807) is 0 Å². The number of aromatic nitrogens is 2. The third-order valence-electron chi connectivity index (χ3n) is 3.53. The van der Waals surface area contributed by atoms with Crippen LogP contribution in [0.1, 0.15) is 31.2 Å². The molecule has 1 atom stereocenters. The average molecular weight is 215 g/mol. The van der Waals surface area contributed by atoms with Crippen molar-refractivity contribution in [2.45, 2.75) is 32.2 Å². The lowest BCUT2D eigenvalue weighted by atomic mass is 10.00. The van der Waals surface area contributed by atoms with Crippen molar-refractivity contribution in [3.8, 4) is 0 Å². The van der Waals surface area contributed by atoms with E-state index >= 15 is 0 Å². The molecular formula is C13H17N3. The Balaban J connectivity index is 2.11. The van der Waals surface area contributed by atoms with Crippen LogP contribution in [0.4, 0.5) is 0 Å². The van der Waals surface area contributed by atoms with Crippen LogP contribution in [0.5, 0.6) is 0 Å². The van der Waals surface area contributed by atoms with Crippen molar-refractivity contribution < 1.29 is 0 Å². The molecule has 0 amide bonds. The highest BCUT2D eigenvalue weighted by Gasteiger charge is 2.32. The number of nitrogens with one attached hydrogen (secondary N) is 2. The zero-order valence-corrected chi connectivity index (χ0v) is 9.80. The van der Waals surface area contributed by atoms with Gasteiger partial charge in [0.15, 0.2) is 0 Å². The van der Waals surface area contributed by atoms with Crippen LogP contribution in [0.25, 0.3) is 11.0 Å². The minimum Gasteiger partial charge on any atom is -0.340 e. The lowest BCUT2D eigenvalue weighted by Gasteiger charge is -2.21. The number of hydrogen-bond donors (Lipinski definition) is 2. The van der Waals surface area contributed by atoms with Crippen LogP contribution in [0.3, 0.4) is 0 Å². The van der Waals surface area contributed by atoms with Gasteiger partial charge in [0.1, 0.15) is 5.82 Å². The average Bonchev–Trinajstić information content (AvgIpc) is 2.84. The number of hydrogen-bond acceptors (Lipinski definition) is 2. The fourth-order valence-corrected chi connectivity index (χ4v) is 2.48. The summed E-state index contributed by atoms with van der Waals surface area (Å²) in [5.74, 6) is 1.07. The lowest BCUT2D eigenvalue weighted by Crippen LogP contribution is -2.34. The molecule has 84 valence electrons. The second-order valence-electron chi connectivity index (χ2n) is 4.97. The highest BCUT2D eigenvalue weighted by atomic mass is 15.1. The summed E-state index contributed by atoms with van der Waals surface area (Å²) < 4.78 is 0. The van der Waals surface area contributed by atoms with Crippen LogP contribution in [0.15, 0.2) is 18.2 Å². The van der Waals surface area contributed by atoms with E-state index in [2.05, 4.69) is 47.3 Å². The number of benzene rings is 1. The maximum absolute atomic E-state index is 4.69. The Morgan fingerprint density at radius 1 is 1.38 bits per heavy atom. The Hall–Kier alpha value is -1.35. The first-order valence-corrected chi connectivity index (χ1v) is 5.89. The summed E-state index contributed by atoms with van der Waals surface area (Å²) in [6.45, 7) is 5.42. The second kappa shape index (κ2) is 3.32. The molecule has 2 N–H and O–H groups in total. The molecule has 1 fully saturated rings. The highest BCUT2D eigenvalue weighted by molar-refractivity contribution is 5.76. The summed E-state index contributed by atoms with van der Waals surface area (Å²) in [6.07, 6.45) is 2.39. The minimum atomic E-state index is 0.0346. The monoisotopic (exact) mass is 215 g/mol. The molecule has 16 heavy (non-hydrogen) atoms. The van der Waals surface area contributed by atoms with Gasteiger partial charge in [0.25, 0.3) is 0 Å². The van der Waals surface area contributed by atoms with Gasteiger partial charge in [0.05, 0.1) is 16.6 Å². The standard InChI is InChI=1S/C13H17N3/c1-9-4-5-10-11(8-9)16-12(15-10)13(2)6-3-7-14-13/h4-5,8,14H,3,6-7H2,1-2H3,(H,15,16). The molecule has 2 aromatic rings. The molecular weight excluding hydrogens is 198 g/mol. The summed E-state index contributed by atoms with van der Waals surface area (Å²) in [7, 11) is 0. The molecule has 0 bridgehead atoms. The number of fused-ring (bicyclic) bond motifs is 1. The highest BCUT2D eigenvalue weighted by Crippen LogP contribution is 2.29. The number of nitrogens with zero attached hydrogens (tertiary/aromatic N) is 1. The van der Waals surface area contributed by atoms with E-state index < -0.39 is 0 Å². The van der Waals surface area contributed by atoms with E-state index in [0.29, 0.717) is 0 Å². The Morgan fingerprint density at radius 3 is 3.00 bits per heavy atom. The molecule has 3 rings (SSSR count). The van der Waals surface area contributed by atoms with E-state index in [0.717, 1.165) is 29.8 Å². The Labute approximate surface area is 95.3 Å². The maximum atomic E-state index is 4.69. The van der Waals surface area contributed by atoms with Gasteiger partial charge in [-0.2, -0.15) is 0 Å². The van der Waals surface area contributed by atoms with Crippen molar-refractivity contribution in [1.29, 1.82) is 0 Å². The number of aryl methyl sites for hydroxylation is 1. The summed E-state index contributed by atoms with van der Waals surface area (Å²) in [5.41, 5.74) is 3.51. The van der Waals surface area contributed by atoms with Crippen molar-refractivity contribution >= 4 is 11.0 Å². The van der Waals surface area contributed by atoms with Gasteiger partial charge in [-0.05, 0) is 50.9 Å².